The van der Waals surface area contributed by atoms with Gasteiger partial charge in [-0.1, -0.05) is 37.3 Å². The highest BCUT2D eigenvalue weighted by Crippen LogP contribution is 2.20. The molecule has 1 heterocycles. The van der Waals surface area contributed by atoms with Gasteiger partial charge in [-0.15, -0.1) is 0 Å². The maximum Gasteiger partial charge on any atom is 0.408 e. The molecule has 0 aliphatic carbocycles. The van der Waals surface area contributed by atoms with Crippen molar-refractivity contribution in [2.24, 2.45) is 0 Å². The summed E-state index contributed by atoms with van der Waals surface area (Å²) in [6.07, 6.45) is 1.06. The van der Waals surface area contributed by atoms with Gasteiger partial charge in [-0.3, -0.25) is 4.79 Å². The summed E-state index contributed by atoms with van der Waals surface area (Å²) in [5.74, 6) is -0.709. The normalized spacial score (nSPS) is 17.7. The molecule has 136 valence electrons. The molecule has 2 unspecified atom stereocenters. The number of methoxy groups -OCH3 is 1. The Balaban J connectivity index is 1.91. The number of alkyl carbamates (subject to hydrolysis) is 1. The van der Waals surface area contributed by atoms with Gasteiger partial charge in [0.1, 0.15) is 18.7 Å². The minimum Gasteiger partial charge on any atom is -0.467 e. The first-order valence-electron chi connectivity index (χ1n) is 8.42. The van der Waals surface area contributed by atoms with E-state index in [1.54, 1.807) is 6.92 Å². The highest BCUT2D eigenvalue weighted by atomic mass is 16.5. The van der Waals surface area contributed by atoms with E-state index in [0.29, 0.717) is 19.4 Å². The van der Waals surface area contributed by atoms with Crippen molar-refractivity contribution in [1.82, 2.24) is 10.2 Å². The molecule has 7 heteroatoms. The second-order valence-electron chi connectivity index (χ2n) is 5.88. The number of ether oxygens (including phenoxy) is 2. The van der Waals surface area contributed by atoms with Crippen LogP contribution in [0.5, 0.6) is 0 Å². The summed E-state index contributed by atoms with van der Waals surface area (Å²) >= 11 is 0. The molecule has 1 saturated heterocycles. The quantitative estimate of drug-likeness (QED) is 0.793. The third-order valence-corrected chi connectivity index (χ3v) is 4.22. The third kappa shape index (κ3) is 4.95. The van der Waals surface area contributed by atoms with Crippen molar-refractivity contribution in [3.63, 3.8) is 0 Å². The van der Waals surface area contributed by atoms with Crippen LogP contribution in [-0.4, -0.2) is 48.6 Å². The Morgan fingerprint density at radius 1 is 1.28 bits per heavy atom. The van der Waals surface area contributed by atoms with E-state index in [-0.39, 0.29) is 12.5 Å². The lowest BCUT2D eigenvalue weighted by molar-refractivity contribution is -0.151. The largest absolute Gasteiger partial charge is 0.467 e. The molecule has 0 radical (unpaired) electrons. The predicted octanol–water partition coefficient (Wildman–Crippen LogP) is 1.86. The number of carbonyl (C=O) groups is 3. The van der Waals surface area contributed by atoms with Crippen LogP contribution in [0.25, 0.3) is 0 Å². The number of benzene rings is 1. The van der Waals surface area contributed by atoms with Gasteiger partial charge >= 0.3 is 12.1 Å². The van der Waals surface area contributed by atoms with Crippen molar-refractivity contribution in [2.75, 3.05) is 13.7 Å². The van der Waals surface area contributed by atoms with E-state index in [1.165, 1.54) is 12.0 Å². The van der Waals surface area contributed by atoms with Crippen molar-refractivity contribution in [1.29, 1.82) is 0 Å². The van der Waals surface area contributed by atoms with E-state index in [1.807, 2.05) is 30.3 Å². The first-order chi connectivity index (χ1) is 12.1. The average molecular weight is 348 g/mol. The Bertz CT molecular complexity index is 605. The average Bonchev–Trinajstić information content (AvgIpc) is 3.13. The summed E-state index contributed by atoms with van der Waals surface area (Å²) in [7, 11) is 1.31. The van der Waals surface area contributed by atoms with Crippen LogP contribution in [0.3, 0.4) is 0 Å². The smallest absolute Gasteiger partial charge is 0.408 e. The number of esters is 1. The lowest BCUT2D eigenvalue weighted by Gasteiger charge is -2.27. The van der Waals surface area contributed by atoms with Crippen LogP contribution < -0.4 is 5.32 Å². The molecule has 2 atom stereocenters. The van der Waals surface area contributed by atoms with Crippen molar-refractivity contribution in [3.05, 3.63) is 35.9 Å². The molecule has 1 aliphatic heterocycles. The fourth-order valence-electron chi connectivity index (χ4n) is 2.86. The fraction of sp³-hybridized carbons (Fsp3) is 0.500. The van der Waals surface area contributed by atoms with E-state index in [4.69, 9.17) is 9.47 Å². The molecule has 7 nitrogen and oxygen atoms in total. The van der Waals surface area contributed by atoms with Crippen molar-refractivity contribution >= 4 is 18.0 Å². The number of nitrogens with zero attached hydrogens (tertiary/aromatic N) is 1. The summed E-state index contributed by atoms with van der Waals surface area (Å²) < 4.78 is 9.91. The number of nitrogens with one attached hydrogen (secondary N) is 1. The molecule has 1 fully saturated rings. The summed E-state index contributed by atoms with van der Waals surface area (Å²) in [5.41, 5.74) is 0.863. The first kappa shape index (κ1) is 18.8. The van der Waals surface area contributed by atoms with Gasteiger partial charge in [0.15, 0.2) is 0 Å². The molecule has 1 aromatic carbocycles. The zero-order valence-corrected chi connectivity index (χ0v) is 14.6. The maximum absolute atomic E-state index is 12.7. The number of hydrogen-bond donors (Lipinski definition) is 1. The number of hydrogen-bond acceptors (Lipinski definition) is 5. The summed E-state index contributed by atoms with van der Waals surface area (Å²) in [5, 5.41) is 2.59. The summed E-state index contributed by atoms with van der Waals surface area (Å²) in [4.78, 5) is 37.9. The molecule has 1 aromatic rings. The molecule has 1 N–H and O–H groups in total. The fourth-order valence-corrected chi connectivity index (χ4v) is 2.86. The van der Waals surface area contributed by atoms with Crippen LogP contribution >= 0.6 is 0 Å². The Hall–Kier alpha value is -2.57. The minimum atomic E-state index is -0.728. The molecule has 0 saturated carbocycles. The second kappa shape index (κ2) is 9.05. The van der Waals surface area contributed by atoms with E-state index in [9.17, 15) is 14.4 Å². The van der Waals surface area contributed by atoms with Crippen molar-refractivity contribution in [3.8, 4) is 0 Å². The Morgan fingerprint density at radius 2 is 2.00 bits per heavy atom. The highest BCUT2D eigenvalue weighted by molar-refractivity contribution is 5.90. The highest BCUT2D eigenvalue weighted by Gasteiger charge is 2.37. The van der Waals surface area contributed by atoms with Gasteiger partial charge < -0.3 is 19.7 Å². The number of likely N-dealkylation sites (tertiary alicyclic amines) is 1. The van der Waals surface area contributed by atoms with E-state index >= 15 is 0 Å². The van der Waals surface area contributed by atoms with Crippen LogP contribution in [-0.2, 0) is 25.7 Å². The van der Waals surface area contributed by atoms with Crippen molar-refractivity contribution in [2.45, 2.75) is 44.9 Å². The number of amides is 2. The monoisotopic (exact) mass is 348 g/mol. The molecule has 0 spiro atoms. The molecule has 2 rings (SSSR count). The van der Waals surface area contributed by atoms with E-state index in [0.717, 1.165) is 12.0 Å². The van der Waals surface area contributed by atoms with Gasteiger partial charge in [-0.05, 0) is 24.8 Å². The van der Waals surface area contributed by atoms with Crippen molar-refractivity contribution < 1.29 is 23.9 Å². The third-order valence-electron chi connectivity index (χ3n) is 4.22. The Kier molecular flexibility index (Phi) is 6.80. The molecule has 0 bridgehead atoms. The van der Waals surface area contributed by atoms with Crippen LogP contribution in [0.1, 0.15) is 31.7 Å². The predicted molar refractivity (Wildman–Crippen MR) is 90.6 cm³/mol. The van der Waals surface area contributed by atoms with E-state index in [2.05, 4.69) is 5.32 Å². The maximum atomic E-state index is 12.7. The lowest BCUT2D eigenvalue weighted by atomic mass is 10.1. The van der Waals surface area contributed by atoms with Gasteiger partial charge in [0.2, 0.25) is 5.91 Å². The van der Waals surface area contributed by atoms with Gasteiger partial charge in [-0.25, -0.2) is 9.59 Å². The molecule has 0 aromatic heterocycles. The van der Waals surface area contributed by atoms with Crippen LogP contribution in [0, 0.1) is 0 Å². The SMILES string of the molecule is CCC(NC(=O)OCc1ccccc1)C(=O)N1CCCC1C(=O)OC. The van der Waals surface area contributed by atoms with Crippen LogP contribution in [0.2, 0.25) is 0 Å². The van der Waals surface area contributed by atoms with Gasteiger partial charge in [0, 0.05) is 6.54 Å². The molecule has 2 amide bonds. The molecule has 25 heavy (non-hydrogen) atoms. The molecular formula is C18H24N2O5. The number of carbonyl (C=O) groups excluding carboxylic acids is 3. The summed E-state index contributed by atoms with van der Waals surface area (Å²) in [6, 6.07) is 7.98. The van der Waals surface area contributed by atoms with Crippen LogP contribution in [0.15, 0.2) is 30.3 Å². The van der Waals surface area contributed by atoms with Crippen LogP contribution in [0.4, 0.5) is 4.79 Å². The Labute approximate surface area is 147 Å². The van der Waals surface area contributed by atoms with Gasteiger partial charge in [0.05, 0.1) is 7.11 Å². The lowest BCUT2D eigenvalue weighted by Crippen LogP contribution is -2.51. The second-order valence-corrected chi connectivity index (χ2v) is 5.88. The van der Waals surface area contributed by atoms with Gasteiger partial charge in [0.25, 0.3) is 0 Å². The van der Waals surface area contributed by atoms with Gasteiger partial charge in [-0.2, -0.15) is 0 Å². The first-order valence-corrected chi connectivity index (χ1v) is 8.42. The molecular weight excluding hydrogens is 324 g/mol. The number of rotatable bonds is 6. The zero-order valence-electron chi connectivity index (χ0n) is 14.6. The standard InChI is InChI=1S/C18H24N2O5/c1-3-14(16(21)20-11-7-10-15(20)17(22)24-2)19-18(23)25-12-13-8-5-4-6-9-13/h4-6,8-9,14-15H,3,7,10-12H2,1-2H3,(H,19,23). The topological polar surface area (TPSA) is 84.9 Å². The minimum absolute atomic E-state index is 0.131. The summed E-state index contributed by atoms with van der Waals surface area (Å²) in [6.45, 7) is 2.41. The Morgan fingerprint density at radius 3 is 2.64 bits per heavy atom. The zero-order chi connectivity index (χ0) is 18.2. The van der Waals surface area contributed by atoms with E-state index < -0.39 is 24.1 Å². The molecule has 1 aliphatic rings.